The fourth-order valence-corrected chi connectivity index (χ4v) is 3.12. The summed E-state index contributed by atoms with van der Waals surface area (Å²) in [6, 6.07) is 0.740. The molecule has 3 rings (SSSR count). The molecule has 108 valence electrons. The molecule has 5 heteroatoms. The summed E-state index contributed by atoms with van der Waals surface area (Å²) >= 11 is 1.77. The minimum absolute atomic E-state index is 0.0364. The van der Waals surface area contributed by atoms with Crippen molar-refractivity contribution in [1.82, 2.24) is 20.1 Å². The number of nitrogens with zero attached hydrogens (tertiary/aromatic N) is 3. The van der Waals surface area contributed by atoms with Gasteiger partial charge >= 0.3 is 0 Å². The highest BCUT2D eigenvalue weighted by molar-refractivity contribution is 7.15. The van der Waals surface area contributed by atoms with E-state index in [-0.39, 0.29) is 5.41 Å². The first kappa shape index (κ1) is 13.8. The van der Waals surface area contributed by atoms with Gasteiger partial charge in [0.25, 0.3) is 0 Å². The van der Waals surface area contributed by atoms with Gasteiger partial charge in [-0.25, -0.2) is 4.98 Å². The van der Waals surface area contributed by atoms with Gasteiger partial charge in [0, 0.05) is 42.3 Å². The fraction of sp³-hybridized carbons (Fsp3) is 0.600. The zero-order valence-electron chi connectivity index (χ0n) is 12.6. The Hall–Kier alpha value is -1.20. The summed E-state index contributed by atoms with van der Waals surface area (Å²) in [7, 11) is 1.97. The Morgan fingerprint density at radius 1 is 1.40 bits per heavy atom. The van der Waals surface area contributed by atoms with Gasteiger partial charge in [0.15, 0.2) is 0 Å². The van der Waals surface area contributed by atoms with Crippen LogP contribution in [0, 0.1) is 0 Å². The summed E-state index contributed by atoms with van der Waals surface area (Å²) in [5.74, 6) is 0. The lowest BCUT2D eigenvalue weighted by atomic mass is 9.90. The molecule has 0 spiro atoms. The van der Waals surface area contributed by atoms with E-state index in [4.69, 9.17) is 0 Å². The van der Waals surface area contributed by atoms with Crippen LogP contribution in [0.1, 0.15) is 44.2 Å². The standard InChI is InChI=1S/C15H22N4S/c1-15(2,3)13-12(9-19(4)18-13)14-17-8-11(20-14)7-16-10-5-6-10/h8-10,16H,5-7H2,1-4H3. The number of aromatic nitrogens is 3. The molecule has 0 unspecified atom stereocenters. The van der Waals surface area contributed by atoms with Gasteiger partial charge in [-0.3, -0.25) is 4.68 Å². The van der Waals surface area contributed by atoms with Crippen molar-refractivity contribution in [3.63, 3.8) is 0 Å². The fourth-order valence-electron chi connectivity index (χ4n) is 2.25. The number of rotatable bonds is 4. The van der Waals surface area contributed by atoms with Crippen LogP contribution in [-0.2, 0) is 19.0 Å². The van der Waals surface area contributed by atoms with E-state index in [1.165, 1.54) is 23.3 Å². The van der Waals surface area contributed by atoms with Crippen LogP contribution in [0.5, 0.6) is 0 Å². The van der Waals surface area contributed by atoms with Crippen molar-refractivity contribution >= 4 is 11.3 Å². The maximum Gasteiger partial charge on any atom is 0.127 e. The van der Waals surface area contributed by atoms with Gasteiger partial charge in [0.1, 0.15) is 5.01 Å². The van der Waals surface area contributed by atoms with Gasteiger partial charge in [-0.2, -0.15) is 5.10 Å². The normalized spacial score (nSPS) is 15.8. The smallest absolute Gasteiger partial charge is 0.127 e. The molecule has 4 nitrogen and oxygen atoms in total. The van der Waals surface area contributed by atoms with Crippen LogP contribution >= 0.6 is 11.3 Å². The van der Waals surface area contributed by atoms with E-state index in [2.05, 4.69) is 42.4 Å². The lowest BCUT2D eigenvalue weighted by Gasteiger charge is -2.16. The number of hydrogen-bond donors (Lipinski definition) is 1. The molecule has 0 saturated heterocycles. The third-order valence-electron chi connectivity index (χ3n) is 3.47. The van der Waals surface area contributed by atoms with Crippen LogP contribution in [0.2, 0.25) is 0 Å². The topological polar surface area (TPSA) is 42.7 Å². The van der Waals surface area contributed by atoms with Gasteiger partial charge in [0.2, 0.25) is 0 Å². The van der Waals surface area contributed by atoms with Crippen molar-refractivity contribution in [1.29, 1.82) is 0 Å². The molecule has 1 fully saturated rings. The van der Waals surface area contributed by atoms with Gasteiger partial charge < -0.3 is 5.32 Å². The largest absolute Gasteiger partial charge is 0.309 e. The third-order valence-corrected chi connectivity index (χ3v) is 4.50. The number of thiazole rings is 1. The molecule has 2 aromatic rings. The molecule has 0 atom stereocenters. The number of nitrogens with one attached hydrogen (secondary N) is 1. The van der Waals surface area contributed by atoms with Crippen LogP contribution < -0.4 is 5.32 Å². The Balaban J connectivity index is 1.84. The van der Waals surface area contributed by atoms with E-state index in [9.17, 15) is 0 Å². The number of hydrogen-bond acceptors (Lipinski definition) is 4. The molecule has 1 aliphatic rings. The summed E-state index contributed by atoms with van der Waals surface area (Å²) in [6.07, 6.45) is 6.72. The molecular formula is C15H22N4S. The molecule has 20 heavy (non-hydrogen) atoms. The van der Waals surface area contributed by atoms with E-state index >= 15 is 0 Å². The Morgan fingerprint density at radius 3 is 2.80 bits per heavy atom. The molecule has 1 aliphatic carbocycles. The first-order valence-electron chi connectivity index (χ1n) is 7.16. The highest BCUT2D eigenvalue weighted by atomic mass is 32.1. The summed E-state index contributed by atoms with van der Waals surface area (Å²) in [5, 5.41) is 9.24. The monoisotopic (exact) mass is 290 g/mol. The third kappa shape index (κ3) is 2.94. The molecular weight excluding hydrogens is 268 g/mol. The Kier molecular flexibility index (Phi) is 3.42. The average molecular weight is 290 g/mol. The van der Waals surface area contributed by atoms with Gasteiger partial charge in [-0.05, 0) is 12.8 Å². The second-order valence-corrected chi connectivity index (χ2v) is 7.72. The Labute approximate surface area is 124 Å². The molecule has 0 bridgehead atoms. The van der Waals surface area contributed by atoms with Gasteiger partial charge in [-0.1, -0.05) is 20.8 Å². The molecule has 2 heterocycles. The maximum atomic E-state index is 4.62. The first-order valence-corrected chi connectivity index (χ1v) is 7.98. The van der Waals surface area contributed by atoms with Crippen LogP contribution in [0.15, 0.2) is 12.4 Å². The van der Waals surface area contributed by atoms with E-state index in [1.807, 2.05) is 17.9 Å². The van der Waals surface area contributed by atoms with Gasteiger partial charge in [-0.15, -0.1) is 11.3 Å². The second-order valence-electron chi connectivity index (χ2n) is 6.60. The quantitative estimate of drug-likeness (QED) is 0.941. The van der Waals surface area contributed by atoms with Crippen molar-refractivity contribution in [2.24, 2.45) is 7.05 Å². The van der Waals surface area contributed by atoms with Crippen LogP contribution in [0.25, 0.3) is 10.6 Å². The Bertz CT molecular complexity index is 602. The Morgan fingerprint density at radius 2 is 2.15 bits per heavy atom. The van der Waals surface area contributed by atoms with E-state index < -0.39 is 0 Å². The van der Waals surface area contributed by atoms with E-state index in [0.717, 1.165) is 23.3 Å². The average Bonchev–Trinajstić information content (AvgIpc) is 2.91. The minimum atomic E-state index is 0.0364. The van der Waals surface area contributed by atoms with Crippen molar-refractivity contribution in [3.05, 3.63) is 23.0 Å². The second kappa shape index (κ2) is 4.97. The SMILES string of the molecule is Cn1cc(-c2ncc(CNC3CC3)s2)c(C(C)(C)C)n1. The summed E-state index contributed by atoms with van der Waals surface area (Å²) in [6.45, 7) is 7.53. The summed E-state index contributed by atoms with van der Waals surface area (Å²) in [5.41, 5.74) is 2.33. The zero-order chi connectivity index (χ0) is 14.3. The van der Waals surface area contributed by atoms with E-state index in [1.54, 1.807) is 11.3 Å². The highest BCUT2D eigenvalue weighted by Gasteiger charge is 2.25. The maximum absolute atomic E-state index is 4.62. The minimum Gasteiger partial charge on any atom is -0.309 e. The zero-order valence-corrected chi connectivity index (χ0v) is 13.4. The van der Waals surface area contributed by atoms with Crippen LogP contribution in [0.3, 0.4) is 0 Å². The predicted octanol–water partition coefficient (Wildman–Crippen LogP) is 3.09. The number of aryl methyl sites for hydroxylation is 1. The highest BCUT2D eigenvalue weighted by Crippen LogP contribution is 2.34. The predicted molar refractivity (Wildman–Crippen MR) is 82.9 cm³/mol. The van der Waals surface area contributed by atoms with Crippen molar-refractivity contribution in [3.8, 4) is 10.6 Å². The van der Waals surface area contributed by atoms with E-state index in [0.29, 0.717) is 0 Å². The van der Waals surface area contributed by atoms with Crippen molar-refractivity contribution < 1.29 is 0 Å². The van der Waals surface area contributed by atoms with Gasteiger partial charge in [0.05, 0.1) is 11.3 Å². The molecule has 1 N–H and O–H groups in total. The molecule has 0 aliphatic heterocycles. The lowest BCUT2D eigenvalue weighted by molar-refractivity contribution is 0.554. The molecule has 0 amide bonds. The first-order chi connectivity index (χ1) is 9.43. The van der Waals surface area contributed by atoms with Crippen LogP contribution in [-0.4, -0.2) is 20.8 Å². The molecule has 2 aromatic heterocycles. The lowest BCUT2D eigenvalue weighted by Crippen LogP contribution is -2.14. The van der Waals surface area contributed by atoms with Crippen molar-refractivity contribution in [2.45, 2.75) is 51.6 Å². The molecule has 0 radical (unpaired) electrons. The van der Waals surface area contributed by atoms with Crippen molar-refractivity contribution in [2.75, 3.05) is 0 Å². The van der Waals surface area contributed by atoms with Crippen LogP contribution in [0.4, 0.5) is 0 Å². The molecule has 0 aromatic carbocycles. The summed E-state index contributed by atoms with van der Waals surface area (Å²) in [4.78, 5) is 5.90. The molecule has 1 saturated carbocycles. The summed E-state index contributed by atoms with van der Waals surface area (Å²) < 4.78 is 1.89.